The highest BCUT2D eigenvalue weighted by Gasteiger charge is 2.32. The average Bonchev–Trinajstić information content (AvgIpc) is 2.71. The summed E-state index contributed by atoms with van der Waals surface area (Å²) in [7, 11) is -3.74. The largest absolute Gasteiger partial charge is 0.352 e. The van der Waals surface area contributed by atoms with Crippen LogP contribution in [0.1, 0.15) is 49.4 Å². The summed E-state index contributed by atoms with van der Waals surface area (Å²) in [5.41, 5.74) is 4.19. The molecular formula is C26H37N3O4S. The SMILES string of the molecule is CC[C@H](C(=O)NC(C)C)N(Cc1ccc(C)cc1)C(=O)CN(c1cc(C)cc(C)c1)S(C)(=O)=O. The van der Waals surface area contributed by atoms with Crippen LogP contribution < -0.4 is 9.62 Å². The van der Waals surface area contributed by atoms with Gasteiger partial charge in [0.15, 0.2) is 0 Å². The van der Waals surface area contributed by atoms with Gasteiger partial charge in [0.1, 0.15) is 12.6 Å². The number of carbonyl (C=O) groups excluding carboxylic acids is 2. The van der Waals surface area contributed by atoms with Crippen molar-refractivity contribution < 1.29 is 18.0 Å². The van der Waals surface area contributed by atoms with E-state index in [2.05, 4.69) is 5.32 Å². The van der Waals surface area contributed by atoms with Gasteiger partial charge in [0.25, 0.3) is 0 Å². The Kier molecular flexibility index (Phi) is 9.27. The van der Waals surface area contributed by atoms with Crippen molar-refractivity contribution in [2.45, 2.75) is 66.6 Å². The van der Waals surface area contributed by atoms with E-state index in [1.807, 2.05) is 71.9 Å². The number of anilines is 1. The van der Waals surface area contributed by atoms with Gasteiger partial charge < -0.3 is 10.2 Å². The Morgan fingerprint density at radius 1 is 0.941 bits per heavy atom. The minimum atomic E-state index is -3.74. The quantitative estimate of drug-likeness (QED) is 0.554. The number of hydrogen-bond donors (Lipinski definition) is 1. The van der Waals surface area contributed by atoms with Crippen molar-refractivity contribution in [2.24, 2.45) is 0 Å². The van der Waals surface area contributed by atoms with Crippen molar-refractivity contribution in [1.82, 2.24) is 10.2 Å². The highest BCUT2D eigenvalue weighted by molar-refractivity contribution is 7.92. The molecule has 0 unspecified atom stereocenters. The van der Waals surface area contributed by atoms with E-state index in [1.165, 1.54) is 4.90 Å². The average molecular weight is 488 g/mol. The summed E-state index contributed by atoms with van der Waals surface area (Å²) in [6, 6.07) is 12.4. The van der Waals surface area contributed by atoms with Crippen LogP contribution in [0.2, 0.25) is 0 Å². The fourth-order valence-electron chi connectivity index (χ4n) is 3.90. The van der Waals surface area contributed by atoms with E-state index in [1.54, 1.807) is 12.1 Å². The molecule has 2 aromatic rings. The monoisotopic (exact) mass is 487 g/mol. The molecule has 0 aliphatic rings. The standard InChI is InChI=1S/C26H37N3O4S/c1-8-24(26(31)27-18(2)3)28(16-22-11-9-19(4)10-12-22)25(30)17-29(34(7,32)33)23-14-20(5)13-21(6)15-23/h9-15,18,24H,8,16-17H2,1-7H3,(H,27,31)/t24-/m1/s1. The van der Waals surface area contributed by atoms with Crippen LogP contribution in [-0.2, 0) is 26.2 Å². The zero-order valence-electron chi connectivity index (χ0n) is 21.3. The molecule has 0 saturated heterocycles. The third-order valence-corrected chi connectivity index (χ3v) is 6.60. The lowest BCUT2D eigenvalue weighted by Gasteiger charge is -2.33. The Morgan fingerprint density at radius 2 is 1.50 bits per heavy atom. The van der Waals surface area contributed by atoms with E-state index in [0.717, 1.165) is 32.8 Å². The smallest absolute Gasteiger partial charge is 0.244 e. The van der Waals surface area contributed by atoms with Crippen molar-refractivity contribution in [3.63, 3.8) is 0 Å². The molecule has 8 heteroatoms. The van der Waals surface area contributed by atoms with Gasteiger partial charge in [0.2, 0.25) is 21.8 Å². The maximum absolute atomic E-state index is 13.6. The molecule has 34 heavy (non-hydrogen) atoms. The Bertz CT molecular complexity index is 1090. The Labute approximate surface area is 204 Å². The van der Waals surface area contributed by atoms with Gasteiger partial charge in [-0.25, -0.2) is 8.42 Å². The third kappa shape index (κ3) is 7.58. The first-order valence-electron chi connectivity index (χ1n) is 11.5. The molecule has 0 aliphatic heterocycles. The zero-order chi connectivity index (χ0) is 25.6. The van der Waals surface area contributed by atoms with Crippen LogP contribution in [0.3, 0.4) is 0 Å². The molecule has 0 saturated carbocycles. The molecule has 0 spiro atoms. The summed E-state index contributed by atoms with van der Waals surface area (Å²) in [6.45, 7) is 11.1. The summed E-state index contributed by atoms with van der Waals surface area (Å²) in [5, 5.41) is 2.89. The summed E-state index contributed by atoms with van der Waals surface area (Å²) in [5.74, 6) is -0.689. The lowest BCUT2D eigenvalue weighted by Crippen LogP contribution is -2.53. The third-order valence-electron chi connectivity index (χ3n) is 5.46. The van der Waals surface area contributed by atoms with E-state index >= 15 is 0 Å². The second kappa shape index (κ2) is 11.5. The lowest BCUT2D eigenvalue weighted by molar-refractivity contribution is -0.140. The van der Waals surface area contributed by atoms with Gasteiger partial charge in [-0.3, -0.25) is 13.9 Å². The number of hydrogen-bond acceptors (Lipinski definition) is 4. The van der Waals surface area contributed by atoms with Crippen LogP contribution in [0.15, 0.2) is 42.5 Å². The predicted molar refractivity (Wildman–Crippen MR) is 137 cm³/mol. The van der Waals surface area contributed by atoms with Gasteiger partial charge in [-0.05, 0) is 69.9 Å². The Balaban J connectivity index is 2.46. The molecule has 0 aromatic heterocycles. The molecular weight excluding hydrogens is 450 g/mol. The van der Waals surface area contributed by atoms with Gasteiger partial charge in [-0.1, -0.05) is 42.8 Å². The van der Waals surface area contributed by atoms with E-state index < -0.39 is 22.0 Å². The molecule has 0 fully saturated rings. The van der Waals surface area contributed by atoms with Crippen LogP contribution in [0, 0.1) is 20.8 Å². The van der Waals surface area contributed by atoms with Crippen molar-refractivity contribution in [2.75, 3.05) is 17.1 Å². The van der Waals surface area contributed by atoms with Crippen LogP contribution in [-0.4, -0.2) is 50.0 Å². The maximum atomic E-state index is 13.6. The van der Waals surface area contributed by atoms with Gasteiger partial charge in [0, 0.05) is 12.6 Å². The van der Waals surface area contributed by atoms with E-state index in [-0.39, 0.29) is 25.0 Å². The molecule has 0 bridgehead atoms. The molecule has 1 N–H and O–H groups in total. The molecule has 7 nitrogen and oxygen atoms in total. The first-order chi connectivity index (χ1) is 15.8. The van der Waals surface area contributed by atoms with E-state index in [0.29, 0.717) is 12.1 Å². The molecule has 0 aliphatic carbocycles. The number of aryl methyl sites for hydroxylation is 3. The van der Waals surface area contributed by atoms with Crippen molar-refractivity contribution in [3.05, 3.63) is 64.7 Å². The molecule has 0 heterocycles. The van der Waals surface area contributed by atoms with Crippen LogP contribution in [0.25, 0.3) is 0 Å². The number of nitrogens with one attached hydrogen (secondary N) is 1. The fraction of sp³-hybridized carbons (Fsp3) is 0.462. The Morgan fingerprint density at radius 3 is 1.97 bits per heavy atom. The first-order valence-corrected chi connectivity index (χ1v) is 13.4. The zero-order valence-corrected chi connectivity index (χ0v) is 22.1. The summed E-state index contributed by atoms with van der Waals surface area (Å²) in [4.78, 5) is 28.1. The van der Waals surface area contributed by atoms with Crippen LogP contribution in [0.5, 0.6) is 0 Å². The van der Waals surface area contributed by atoms with E-state index in [9.17, 15) is 18.0 Å². The lowest BCUT2D eigenvalue weighted by atomic mass is 10.1. The molecule has 1 atom stereocenters. The number of nitrogens with zero attached hydrogens (tertiary/aromatic N) is 2. The number of sulfonamides is 1. The second-order valence-corrected chi connectivity index (χ2v) is 11.1. The second-order valence-electron chi connectivity index (χ2n) is 9.21. The normalized spacial score (nSPS) is 12.4. The minimum Gasteiger partial charge on any atom is -0.352 e. The summed E-state index contributed by atoms with van der Waals surface area (Å²) in [6.07, 6.45) is 1.49. The van der Waals surface area contributed by atoms with Gasteiger partial charge in [0.05, 0.1) is 11.9 Å². The van der Waals surface area contributed by atoms with Gasteiger partial charge >= 0.3 is 0 Å². The number of benzene rings is 2. The van der Waals surface area contributed by atoms with Gasteiger partial charge in [-0.15, -0.1) is 0 Å². The summed E-state index contributed by atoms with van der Waals surface area (Å²) >= 11 is 0. The summed E-state index contributed by atoms with van der Waals surface area (Å²) < 4.78 is 26.5. The Hall–Kier alpha value is -2.87. The number of carbonyl (C=O) groups is 2. The molecule has 2 aromatic carbocycles. The van der Waals surface area contributed by atoms with Gasteiger partial charge in [-0.2, -0.15) is 0 Å². The highest BCUT2D eigenvalue weighted by atomic mass is 32.2. The fourth-order valence-corrected chi connectivity index (χ4v) is 4.73. The maximum Gasteiger partial charge on any atom is 0.244 e. The molecule has 186 valence electrons. The molecule has 0 radical (unpaired) electrons. The molecule has 2 amide bonds. The van der Waals surface area contributed by atoms with E-state index in [4.69, 9.17) is 0 Å². The predicted octanol–water partition coefficient (Wildman–Crippen LogP) is 3.71. The molecule has 2 rings (SSSR count). The van der Waals surface area contributed by atoms with Crippen molar-refractivity contribution >= 4 is 27.5 Å². The van der Waals surface area contributed by atoms with Crippen LogP contribution >= 0.6 is 0 Å². The number of rotatable bonds is 10. The number of amides is 2. The highest BCUT2D eigenvalue weighted by Crippen LogP contribution is 2.22. The van der Waals surface area contributed by atoms with Crippen LogP contribution in [0.4, 0.5) is 5.69 Å². The topological polar surface area (TPSA) is 86.8 Å². The first kappa shape index (κ1) is 27.4. The van der Waals surface area contributed by atoms with Crippen molar-refractivity contribution in [3.8, 4) is 0 Å². The minimum absolute atomic E-state index is 0.0827. The van der Waals surface area contributed by atoms with Crippen molar-refractivity contribution in [1.29, 1.82) is 0 Å².